The zero-order valence-electron chi connectivity index (χ0n) is 16.3. The topological polar surface area (TPSA) is 41.4 Å². The van der Waals surface area contributed by atoms with Crippen LogP contribution in [0, 0.1) is 11.8 Å². The highest BCUT2D eigenvalue weighted by Crippen LogP contribution is 2.45. The van der Waals surface area contributed by atoms with Crippen molar-refractivity contribution in [1.82, 2.24) is 19.6 Å². The Morgan fingerprint density at radius 2 is 2.19 bits per heavy atom. The summed E-state index contributed by atoms with van der Waals surface area (Å²) in [4.78, 5) is 18.1. The van der Waals surface area contributed by atoms with Gasteiger partial charge in [-0.15, -0.1) is 0 Å². The van der Waals surface area contributed by atoms with Crippen LogP contribution >= 0.6 is 0 Å². The smallest absolute Gasteiger partial charge is 0.223 e. The molecule has 0 radical (unpaired) electrons. The molecule has 1 aromatic heterocycles. The Balaban J connectivity index is 1.28. The Hall–Kier alpha value is -1.62. The maximum atomic E-state index is 13.1. The van der Waals surface area contributed by atoms with Crippen LogP contribution in [0.3, 0.4) is 0 Å². The fourth-order valence-corrected chi connectivity index (χ4v) is 6.22. The number of aromatic nitrogens is 2. The van der Waals surface area contributed by atoms with E-state index in [0.717, 1.165) is 37.9 Å². The summed E-state index contributed by atoms with van der Waals surface area (Å²) in [6, 6.07) is 3.11. The Morgan fingerprint density at radius 1 is 1.22 bits per heavy atom. The van der Waals surface area contributed by atoms with Crippen molar-refractivity contribution >= 4 is 5.91 Å². The molecule has 27 heavy (non-hydrogen) atoms. The number of carbonyl (C=O) groups excluding carboxylic acids is 1. The second kappa shape index (κ2) is 7.42. The van der Waals surface area contributed by atoms with Gasteiger partial charge in [0.2, 0.25) is 5.91 Å². The predicted octanol–water partition coefficient (Wildman–Crippen LogP) is 3.08. The van der Waals surface area contributed by atoms with Crippen molar-refractivity contribution in [1.29, 1.82) is 0 Å². The Bertz CT molecular complexity index is 697. The average molecular weight is 369 g/mol. The van der Waals surface area contributed by atoms with Crippen molar-refractivity contribution in [2.24, 2.45) is 11.8 Å². The van der Waals surface area contributed by atoms with E-state index >= 15 is 0 Å². The molecule has 3 fully saturated rings. The third-order valence-electron chi connectivity index (χ3n) is 7.31. The summed E-state index contributed by atoms with van der Waals surface area (Å²) in [5.74, 6) is 1.75. The molecule has 5 heteroatoms. The van der Waals surface area contributed by atoms with Crippen molar-refractivity contribution in [3.63, 3.8) is 0 Å². The van der Waals surface area contributed by atoms with Crippen LogP contribution < -0.4 is 0 Å². The lowest BCUT2D eigenvalue weighted by Crippen LogP contribution is -2.60. The zero-order valence-corrected chi connectivity index (χ0v) is 16.3. The van der Waals surface area contributed by atoms with Gasteiger partial charge in [-0.1, -0.05) is 18.1 Å². The quantitative estimate of drug-likeness (QED) is 0.767. The predicted molar refractivity (Wildman–Crippen MR) is 105 cm³/mol. The van der Waals surface area contributed by atoms with Gasteiger partial charge in [0.15, 0.2) is 0 Å². The number of fused-ring (bicyclic) bond motifs is 6. The molecule has 0 spiro atoms. The monoisotopic (exact) mass is 368 g/mol. The van der Waals surface area contributed by atoms with Crippen LogP contribution in [0.4, 0.5) is 0 Å². The largest absolute Gasteiger partial charge is 0.336 e. The lowest BCUT2D eigenvalue weighted by molar-refractivity contribution is -0.136. The molecule has 1 amide bonds. The molecule has 4 aliphatic rings. The first-order chi connectivity index (χ1) is 13.3. The molecule has 2 bridgehead atoms. The van der Waals surface area contributed by atoms with Crippen LogP contribution in [0.25, 0.3) is 0 Å². The number of amides is 1. The SMILES string of the molecule is O=C(CCCn1cccn1)N1CCCC2=CC3CC(CN4CCCC[C@H]34)[C@@H]21. The average Bonchev–Trinajstić information content (AvgIpc) is 3.21. The molecule has 0 N–H and O–H groups in total. The number of hydrogen-bond donors (Lipinski definition) is 0. The summed E-state index contributed by atoms with van der Waals surface area (Å²) in [6.45, 7) is 4.26. The number of likely N-dealkylation sites (tertiary alicyclic amines) is 1. The molecule has 5 rings (SSSR count). The lowest BCUT2D eigenvalue weighted by atomic mass is 9.68. The van der Waals surface area contributed by atoms with Gasteiger partial charge in [-0.05, 0) is 63.0 Å². The van der Waals surface area contributed by atoms with Gasteiger partial charge in [-0.3, -0.25) is 14.4 Å². The fraction of sp³-hybridized carbons (Fsp3) is 0.727. The van der Waals surface area contributed by atoms with Crippen LogP contribution in [-0.4, -0.2) is 57.2 Å². The maximum absolute atomic E-state index is 13.1. The van der Waals surface area contributed by atoms with Gasteiger partial charge in [0.05, 0.1) is 6.04 Å². The minimum Gasteiger partial charge on any atom is -0.336 e. The molecule has 3 saturated heterocycles. The van der Waals surface area contributed by atoms with Crippen molar-refractivity contribution in [3.05, 3.63) is 30.1 Å². The summed E-state index contributed by atoms with van der Waals surface area (Å²) >= 11 is 0. The standard InChI is InChI=1S/C22H32N4O/c27-21(8-4-11-25-12-5-9-23-25)26-13-3-6-17-14-18-15-19(22(17)26)16-24-10-2-1-7-20(18)24/h5,9,12,14,18-20,22H,1-4,6-8,10-11,13,15-16H2/t18?,19?,20-,22-/m1/s1. The van der Waals surface area contributed by atoms with E-state index in [-0.39, 0.29) is 0 Å². The zero-order chi connectivity index (χ0) is 18.2. The van der Waals surface area contributed by atoms with Crippen LogP contribution in [-0.2, 0) is 11.3 Å². The molecule has 1 aliphatic carbocycles. The second-order valence-corrected chi connectivity index (χ2v) is 8.97. The normalized spacial score (nSPS) is 33.2. The molecule has 2 unspecified atom stereocenters. The van der Waals surface area contributed by atoms with E-state index in [0.29, 0.717) is 24.3 Å². The summed E-state index contributed by atoms with van der Waals surface area (Å²) in [5.41, 5.74) is 1.59. The first-order valence-electron chi connectivity index (χ1n) is 11.0. The highest BCUT2D eigenvalue weighted by molar-refractivity contribution is 5.77. The highest BCUT2D eigenvalue weighted by Gasteiger charge is 2.46. The van der Waals surface area contributed by atoms with E-state index in [1.807, 2.05) is 16.9 Å². The number of piperidine rings is 3. The maximum Gasteiger partial charge on any atom is 0.223 e. The third-order valence-corrected chi connectivity index (χ3v) is 7.31. The van der Waals surface area contributed by atoms with Gasteiger partial charge in [0, 0.05) is 44.5 Å². The number of rotatable bonds is 4. The van der Waals surface area contributed by atoms with E-state index < -0.39 is 0 Å². The first-order valence-corrected chi connectivity index (χ1v) is 11.0. The molecule has 1 aromatic rings. The molecule has 0 aromatic carbocycles. The number of aryl methyl sites for hydroxylation is 1. The van der Waals surface area contributed by atoms with E-state index in [2.05, 4.69) is 21.0 Å². The van der Waals surface area contributed by atoms with E-state index in [1.54, 1.807) is 11.8 Å². The van der Waals surface area contributed by atoms with Crippen LogP contribution in [0.15, 0.2) is 30.1 Å². The molecule has 4 atom stereocenters. The summed E-state index contributed by atoms with van der Waals surface area (Å²) in [7, 11) is 0. The lowest BCUT2D eigenvalue weighted by Gasteiger charge is -2.54. The Morgan fingerprint density at radius 3 is 3.07 bits per heavy atom. The van der Waals surface area contributed by atoms with Gasteiger partial charge in [-0.2, -0.15) is 5.10 Å². The number of carbonyl (C=O) groups is 1. The molecule has 0 saturated carbocycles. The molecule has 5 nitrogen and oxygen atoms in total. The third kappa shape index (κ3) is 3.35. The summed E-state index contributed by atoms with van der Waals surface area (Å²) < 4.78 is 1.93. The van der Waals surface area contributed by atoms with Crippen LogP contribution in [0.5, 0.6) is 0 Å². The molecule has 3 aliphatic heterocycles. The van der Waals surface area contributed by atoms with E-state index in [1.165, 1.54) is 45.2 Å². The van der Waals surface area contributed by atoms with Crippen molar-refractivity contribution in [2.75, 3.05) is 19.6 Å². The first kappa shape index (κ1) is 17.5. The Kier molecular flexibility index (Phi) is 4.80. The minimum atomic E-state index is 0.358. The van der Waals surface area contributed by atoms with Gasteiger partial charge < -0.3 is 4.90 Å². The molecular formula is C22H32N4O. The van der Waals surface area contributed by atoms with Gasteiger partial charge in [0.25, 0.3) is 0 Å². The van der Waals surface area contributed by atoms with Gasteiger partial charge in [-0.25, -0.2) is 0 Å². The molecular weight excluding hydrogens is 336 g/mol. The van der Waals surface area contributed by atoms with Crippen LogP contribution in [0.1, 0.15) is 51.4 Å². The van der Waals surface area contributed by atoms with E-state index in [4.69, 9.17) is 0 Å². The fourth-order valence-electron chi connectivity index (χ4n) is 6.22. The highest BCUT2D eigenvalue weighted by atomic mass is 16.2. The van der Waals surface area contributed by atoms with Gasteiger partial charge in [0.1, 0.15) is 0 Å². The number of hydrogen-bond acceptors (Lipinski definition) is 3. The molecule has 146 valence electrons. The molecule has 4 heterocycles. The van der Waals surface area contributed by atoms with Crippen molar-refractivity contribution in [3.8, 4) is 0 Å². The van der Waals surface area contributed by atoms with Crippen molar-refractivity contribution in [2.45, 2.75) is 70.0 Å². The van der Waals surface area contributed by atoms with Crippen LogP contribution in [0.2, 0.25) is 0 Å². The minimum absolute atomic E-state index is 0.358. The summed E-state index contributed by atoms with van der Waals surface area (Å²) in [6.07, 6.45) is 15.7. The van der Waals surface area contributed by atoms with E-state index in [9.17, 15) is 4.79 Å². The summed E-state index contributed by atoms with van der Waals surface area (Å²) in [5, 5.41) is 4.25. The second-order valence-electron chi connectivity index (χ2n) is 8.97. The van der Waals surface area contributed by atoms with Crippen molar-refractivity contribution < 1.29 is 4.79 Å². The Labute approximate surface area is 162 Å². The number of nitrogens with zero attached hydrogens (tertiary/aromatic N) is 4. The van der Waals surface area contributed by atoms with Gasteiger partial charge >= 0.3 is 0 Å².